The Morgan fingerprint density at radius 3 is 2.87 bits per heavy atom. The lowest BCUT2D eigenvalue weighted by atomic mass is 10.2. The zero-order chi connectivity index (χ0) is 11.4. The van der Waals surface area contributed by atoms with Crippen LogP contribution in [0, 0.1) is 5.82 Å². The minimum absolute atomic E-state index is 0.142. The van der Waals surface area contributed by atoms with Gasteiger partial charge in [-0.15, -0.1) is 0 Å². The Kier molecular flexibility index (Phi) is 3.91. The van der Waals surface area contributed by atoms with E-state index in [-0.39, 0.29) is 12.2 Å². The second kappa shape index (κ2) is 4.98. The monoisotopic (exact) mass is 232 g/mol. The van der Waals surface area contributed by atoms with Crippen molar-refractivity contribution in [2.45, 2.75) is 19.4 Å². The van der Waals surface area contributed by atoms with Crippen LogP contribution in [0.3, 0.4) is 0 Å². The number of ether oxygens (including phenoxy) is 1. The molecule has 1 unspecified atom stereocenters. The van der Waals surface area contributed by atoms with E-state index >= 15 is 0 Å². The number of benzene rings is 1. The van der Waals surface area contributed by atoms with Gasteiger partial charge in [-0.1, -0.05) is 18.5 Å². The number of carbonyl (C=O) groups is 1. The van der Waals surface area contributed by atoms with Gasteiger partial charge in [-0.05, 0) is 18.6 Å². The molecule has 0 spiro atoms. The average molecular weight is 233 g/mol. The summed E-state index contributed by atoms with van der Waals surface area (Å²) in [5.74, 6) is -1.90. The van der Waals surface area contributed by atoms with Crippen LogP contribution >= 0.6 is 11.6 Å². The largest absolute Gasteiger partial charge is 0.479 e. The Morgan fingerprint density at radius 1 is 1.67 bits per heavy atom. The molecule has 1 atom stereocenters. The third kappa shape index (κ3) is 3.09. The van der Waals surface area contributed by atoms with Crippen molar-refractivity contribution >= 4 is 17.6 Å². The first-order valence-electron chi connectivity index (χ1n) is 4.39. The highest BCUT2D eigenvalue weighted by Crippen LogP contribution is 2.23. The maximum atomic E-state index is 13.2. The van der Waals surface area contributed by atoms with E-state index in [9.17, 15) is 9.18 Å². The Bertz CT molecular complexity index is 368. The van der Waals surface area contributed by atoms with Gasteiger partial charge in [0.15, 0.2) is 17.7 Å². The third-order valence-electron chi connectivity index (χ3n) is 1.81. The molecule has 1 N–H and O–H groups in total. The van der Waals surface area contributed by atoms with Crippen LogP contribution in [0.4, 0.5) is 4.39 Å². The van der Waals surface area contributed by atoms with E-state index in [0.717, 1.165) is 6.07 Å². The molecular weight excluding hydrogens is 223 g/mol. The maximum absolute atomic E-state index is 13.2. The van der Waals surface area contributed by atoms with Crippen LogP contribution in [0.15, 0.2) is 18.2 Å². The van der Waals surface area contributed by atoms with Crippen LogP contribution < -0.4 is 4.74 Å². The summed E-state index contributed by atoms with van der Waals surface area (Å²) in [5, 5.41) is 9.01. The van der Waals surface area contributed by atoms with Crippen LogP contribution in [0.2, 0.25) is 5.02 Å². The number of hydrogen-bond acceptors (Lipinski definition) is 2. The van der Waals surface area contributed by atoms with Crippen LogP contribution in [0.1, 0.15) is 13.3 Å². The van der Waals surface area contributed by atoms with Crippen LogP contribution in [-0.4, -0.2) is 17.2 Å². The van der Waals surface area contributed by atoms with Gasteiger partial charge in [0, 0.05) is 11.1 Å². The molecule has 1 aromatic rings. The van der Waals surface area contributed by atoms with Crippen molar-refractivity contribution in [2.24, 2.45) is 0 Å². The number of rotatable bonds is 4. The highest BCUT2D eigenvalue weighted by molar-refractivity contribution is 6.30. The van der Waals surface area contributed by atoms with Gasteiger partial charge in [0.05, 0.1) is 0 Å². The average Bonchev–Trinajstić information content (AvgIpc) is 2.18. The minimum Gasteiger partial charge on any atom is -0.479 e. The van der Waals surface area contributed by atoms with E-state index < -0.39 is 17.9 Å². The minimum atomic E-state index is -1.13. The molecule has 1 aromatic carbocycles. The summed E-state index contributed by atoms with van der Waals surface area (Å²) in [7, 11) is 0. The molecule has 3 nitrogen and oxygen atoms in total. The fourth-order valence-corrected chi connectivity index (χ4v) is 1.19. The molecule has 82 valence electrons. The van der Waals surface area contributed by atoms with E-state index in [1.54, 1.807) is 6.92 Å². The van der Waals surface area contributed by atoms with Crippen molar-refractivity contribution in [3.8, 4) is 5.75 Å². The fraction of sp³-hybridized carbons (Fsp3) is 0.300. The van der Waals surface area contributed by atoms with Gasteiger partial charge in [0.1, 0.15) is 0 Å². The fourth-order valence-electron chi connectivity index (χ4n) is 1.03. The lowest BCUT2D eigenvalue weighted by Gasteiger charge is -2.13. The molecule has 0 aromatic heterocycles. The summed E-state index contributed by atoms with van der Waals surface area (Å²) < 4.78 is 18.1. The van der Waals surface area contributed by atoms with E-state index in [2.05, 4.69) is 0 Å². The molecule has 0 saturated heterocycles. The Morgan fingerprint density at radius 2 is 2.33 bits per heavy atom. The van der Waals surface area contributed by atoms with Gasteiger partial charge in [0.25, 0.3) is 0 Å². The van der Waals surface area contributed by atoms with E-state index in [1.165, 1.54) is 12.1 Å². The van der Waals surface area contributed by atoms with Gasteiger partial charge < -0.3 is 9.84 Å². The van der Waals surface area contributed by atoms with Crippen molar-refractivity contribution in [1.29, 1.82) is 0 Å². The number of carboxylic acids is 1. The maximum Gasteiger partial charge on any atom is 0.344 e. The van der Waals surface area contributed by atoms with Crippen molar-refractivity contribution in [2.75, 3.05) is 0 Å². The predicted molar refractivity (Wildman–Crippen MR) is 53.8 cm³/mol. The zero-order valence-electron chi connectivity index (χ0n) is 8.04. The van der Waals surface area contributed by atoms with Crippen LogP contribution in [0.5, 0.6) is 5.75 Å². The number of carboxylic acid groups (broad SMARTS) is 1. The number of halogens is 2. The van der Waals surface area contributed by atoms with Crippen LogP contribution in [0.25, 0.3) is 0 Å². The van der Waals surface area contributed by atoms with Gasteiger partial charge in [-0.2, -0.15) is 0 Å². The molecule has 0 fully saturated rings. The summed E-state index contributed by atoms with van der Waals surface area (Å²) in [6.45, 7) is 1.64. The lowest BCUT2D eigenvalue weighted by molar-refractivity contribution is -0.145. The van der Waals surface area contributed by atoms with E-state index in [1.807, 2.05) is 0 Å². The van der Waals surface area contributed by atoms with Crippen molar-refractivity contribution in [3.05, 3.63) is 29.0 Å². The molecule has 0 amide bonds. The molecule has 0 aliphatic rings. The molecule has 1 rings (SSSR count). The zero-order valence-corrected chi connectivity index (χ0v) is 8.79. The lowest BCUT2D eigenvalue weighted by Crippen LogP contribution is -2.26. The number of aliphatic carboxylic acids is 1. The Hall–Kier alpha value is -1.29. The molecule has 0 aliphatic carbocycles. The predicted octanol–water partition coefficient (Wildman–Crippen LogP) is 2.72. The molecule has 0 bridgehead atoms. The normalized spacial score (nSPS) is 12.2. The number of hydrogen-bond donors (Lipinski definition) is 1. The molecule has 5 heteroatoms. The standard InChI is InChI=1S/C10H10ClFO3/c1-2-8(10(13)14)15-9-5-6(11)3-4-7(9)12/h3-5,8H,2H2,1H3,(H,13,14). The Balaban J connectivity index is 2.87. The topological polar surface area (TPSA) is 46.5 Å². The van der Waals surface area contributed by atoms with Crippen molar-refractivity contribution < 1.29 is 19.0 Å². The summed E-state index contributed by atoms with van der Waals surface area (Å²) in [6, 6.07) is 3.75. The molecular formula is C10H10ClFO3. The summed E-state index contributed by atoms with van der Waals surface area (Å²) in [4.78, 5) is 10.7. The highest BCUT2D eigenvalue weighted by Gasteiger charge is 2.18. The highest BCUT2D eigenvalue weighted by atomic mass is 35.5. The second-order valence-electron chi connectivity index (χ2n) is 2.93. The first-order valence-corrected chi connectivity index (χ1v) is 4.77. The third-order valence-corrected chi connectivity index (χ3v) is 2.04. The van der Waals surface area contributed by atoms with Gasteiger partial charge in [-0.3, -0.25) is 0 Å². The van der Waals surface area contributed by atoms with Crippen molar-refractivity contribution in [1.82, 2.24) is 0 Å². The second-order valence-corrected chi connectivity index (χ2v) is 3.36. The first kappa shape index (κ1) is 11.8. The molecule has 0 heterocycles. The van der Waals surface area contributed by atoms with E-state index in [0.29, 0.717) is 5.02 Å². The van der Waals surface area contributed by atoms with Gasteiger partial charge in [-0.25, -0.2) is 9.18 Å². The first-order chi connectivity index (χ1) is 7.04. The van der Waals surface area contributed by atoms with E-state index in [4.69, 9.17) is 21.4 Å². The molecule has 15 heavy (non-hydrogen) atoms. The quantitative estimate of drug-likeness (QED) is 0.868. The Labute approximate surface area is 91.4 Å². The molecule has 0 saturated carbocycles. The van der Waals surface area contributed by atoms with Crippen molar-refractivity contribution in [3.63, 3.8) is 0 Å². The summed E-state index contributed by atoms with van der Waals surface area (Å²) >= 11 is 5.63. The van der Waals surface area contributed by atoms with Gasteiger partial charge >= 0.3 is 5.97 Å². The summed E-state index contributed by atoms with van der Waals surface area (Å²) in [6.07, 6.45) is -0.806. The molecule has 0 radical (unpaired) electrons. The smallest absolute Gasteiger partial charge is 0.344 e. The SMILES string of the molecule is CCC(Oc1cc(Cl)ccc1F)C(=O)O. The van der Waals surface area contributed by atoms with Crippen LogP contribution in [-0.2, 0) is 4.79 Å². The van der Waals surface area contributed by atoms with Gasteiger partial charge in [0.2, 0.25) is 0 Å². The molecule has 0 aliphatic heterocycles. The summed E-state index contributed by atoms with van der Waals surface area (Å²) in [5.41, 5.74) is 0.